The van der Waals surface area contributed by atoms with Crippen LogP contribution in [0.2, 0.25) is 0 Å². The third-order valence-corrected chi connectivity index (χ3v) is 2.41. The van der Waals surface area contributed by atoms with Gasteiger partial charge >= 0.3 is 0 Å². The SMILES string of the molecule is CSc1nc(C)nc2c1OCC(=O)N2. The number of fused-ring (bicyclic) bond motifs is 1. The van der Waals surface area contributed by atoms with E-state index in [-0.39, 0.29) is 12.5 Å². The van der Waals surface area contributed by atoms with Gasteiger partial charge in [0, 0.05) is 0 Å². The van der Waals surface area contributed by atoms with Crippen LogP contribution in [0.5, 0.6) is 5.75 Å². The molecule has 2 heterocycles. The van der Waals surface area contributed by atoms with Gasteiger partial charge in [0.15, 0.2) is 18.2 Å². The maximum Gasteiger partial charge on any atom is 0.263 e. The number of hydrogen-bond acceptors (Lipinski definition) is 5. The van der Waals surface area contributed by atoms with Crippen molar-refractivity contribution in [1.82, 2.24) is 9.97 Å². The second-order valence-electron chi connectivity index (χ2n) is 2.79. The van der Waals surface area contributed by atoms with Crippen LogP contribution in [0, 0.1) is 6.92 Å². The predicted octanol–water partition coefficient (Wildman–Crippen LogP) is 0.838. The first-order valence-electron chi connectivity index (χ1n) is 4.06. The Labute approximate surface area is 85.3 Å². The molecule has 0 unspecified atom stereocenters. The summed E-state index contributed by atoms with van der Waals surface area (Å²) in [4.78, 5) is 19.3. The maximum absolute atomic E-state index is 11.0. The summed E-state index contributed by atoms with van der Waals surface area (Å²) in [6.45, 7) is 1.81. The summed E-state index contributed by atoms with van der Waals surface area (Å²) in [5.41, 5.74) is 0. The molecule has 6 heteroatoms. The fourth-order valence-corrected chi connectivity index (χ4v) is 1.76. The standard InChI is InChI=1S/C8H9N3O2S/c1-4-9-7-6(8(10-4)14-2)13-3-5(12)11-7/h3H2,1-2H3,(H,9,10,11,12). The van der Waals surface area contributed by atoms with Crippen LogP contribution in [0.25, 0.3) is 0 Å². The van der Waals surface area contributed by atoms with Crippen LogP contribution in [0.15, 0.2) is 5.03 Å². The van der Waals surface area contributed by atoms with Crippen LogP contribution < -0.4 is 10.1 Å². The van der Waals surface area contributed by atoms with Crippen molar-refractivity contribution in [2.24, 2.45) is 0 Å². The topological polar surface area (TPSA) is 64.1 Å². The lowest BCUT2D eigenvalue weighted by Crippen LogP contribution is -2.27. The average molecular weight is 211 g/mol. The number of hydrogen-bond donors (Lipinski definition) is 1. The molecule has 0 saturated heterocycles. The minimum Gasteiger partial charge on any atom is -0.477 e. The molecule has 0 radical (unpaired) electrons. The Balaban J connectivity index is 2.51. The number of nitrogens with one attached hydrogen (secondary N) is 1. The fourth-order valence-electron chi connectivity index (χ4n) is 1.20. The second kappa shape index (κ2) is 3.45. The van der Waals surface area contributed by atoms with Crippen molar-refractivity contribution in [3.8, 4) is 5.75 Å². The van der Waals surface area contributed by atoms with Gasteiger partial charge in [-0.05, 0) is 13.2 Å². The number of ether oxygens (including phenoxy) is 1. The van der Waals surface area contributed by atoms with Crippen molar-refractivity contribution in [3.63, 3.8) is 0 Å². The molecule has 1 aromatic rings. The molecule has 0 fully saturated rings. The largest absolute Gasteiger partial charge is 0.477 e. The van der Waals surface area contributed by atoms with E-state index in [4.69, 9.17) is 4.74 Å². The van der Waals surface area contributed by atoms with E-state index in [1.807, 2.05) is 6.26 Å². The fraction of sp³-hybridized carbons (Fsp3) is 0.375. The van der Waals surface area contributed by atoms with Crippen molar-refractivity contribution in [2.45, 2.75) is 11.9 Å². The number of aryl methyl sites for hydroxylation is 1. The van der Waals surface area contributed by atoms with E-state index in [0.717, 1.165) is 5.03 Å². The summed E-state index contributed by atoms with van der Waals surface area (Å²) in [5, 5.41) is 3.40. The first-order chi connectivity index (χ1) is 6.70. The van der Waals surface area contributed by atoms with Crippen molar-refractivity contribution < 1.29 is 9.53 Å². The predicted molar refractivity (Wildman–Crippen MR) is 52.7 cm³/mol. The number of carbonyl (C=O) groups excluding carboxylic acids is 1. The van der Waals surface area contributed by atoms with E-state index in [1.54, 1.807) is 6.92 Å². The Bertz CT molecular complexity index is 394. The molecular formula is C8H9N3O2S. The number of anilines is 1. The average Bonchev–Trinajstić information content (AvgIpc) is 2.15. The molecular weight excluding hydrogens is 202 g/mol. The zero-order valence-electron chi connectivity index (χ0n) is 7.83. The summed E-state index contributed by atoms with van der Waals surface area (Å²) in [7, 11) is 0. The Morgan fingerprint density at radius 2 is 2.29 bits per heavy atom. The zero-order valence-corrected chi connectivity index (χ0v) is 8.64. The van der Waals surface area contributed by atoms with Crippen molar-refractivity contribution in [3.05, 3.63) is 5.82 Å². The molecule has 1 aliphatic rings. The zero-order chi connectivity index (χ0) is 10.1. The molecule has 14 heavy (non-hydrogen) atoms. The number of aromatic nitrogens is 2. The molecule has 0 aromatic carbocycles. The summed E-state index contributed by atoms with van der Waals surface area (Å²) in [5.74, 6) is 1.49. The lowest BCUT2D eigenvalue weighted by molar-refractivity contribution is -0.118. The van der Waals surface area contributed by atoms with Crippen LogP contribution in [0.1, 0.15) is 5.82 Å². The number of nitrogens with zero attached hydrogens (tertiary/aromatic N) is 2. The number of amides is 1. The first kappa shape index (κ1) is 9.26. The van der Waals surface area contributed by atoms with Gasteiger partial charge < -0.3 is 10.1 Å². The van der Waals surface area contributed by atoms with Gasteiger partial charge in [0.25, 0.3) is 5.91 Å². The lowest BCUT2D eigenvalue weighted by Gasteiger charge is -2.18. The summed E-state index contributed by atoms with van der Waals surface area (Å²) < 4.78 is 5.25. The van der Waals surface area contributed by atoms with Gasteiger partial charge in [0.05, 0.1) is 0 Å². The van der Waals surface area contributed by atoms with Crippen molar-refractivity contribution in [1.29, 1.82) is 0 Å². The number of carbonyl (C=O) groups is 1. The highest BCUT2D eigenvalue weighted by molar-refractivity contribution is 7.98. The van der Waals surface area contributed by atoms with Gasteiger partial charge in [0.1, 0.15) is 10.9 Å². The Morgan fingerprint density at radius 1 is 1.50 bits per heavy atom. The van der Waals surface area contributed by atoms with Crippen LogP contribution >= 0.6 is 11.8 Å². The van der Waals surface area contributed by atoms with Crippen LogP contribution in [-0.4, -0.2) is 28.7 Å². The highest BCUT2D eigenvalue weighted by atomic mass is 32.2. The highest BCUT2D eigenvalue weighted by Crippen LogP contribution is 2.33. The smallest absolute Gasteiger partial charge is 0.263 e. The van der Waals surface area contributed by atoms with Gasteiger partial charge in [0.2, 0.25) is 0 Å². The van der Waals surface area contributed by atoms with Crippen molar-refractivity contribution in [2.75, 3.05) is 18.2 Å². The van der Waals surface area contributed by atoms with E-state index >= 15 is 0 Å². The van der Waals surface area contributed by atoms with E-state index in [1.165, 1.54) is 11.8 Å². The quantitative estimate of drug-likeness (QED) is 0.551. The minimum atomic E-state index is -0.178. The van der Waals surface area contributed by atoms with Crippen molar-refractivity contribution >= 4 is 23.5 Å². The van der Waals surface area contributed by atoms with Gasteiger partial charge in [-0.3, -0.25) is 4.79 Å². The lowest BCUT2D eigenvalue weighted by atomic mass is 10.4. The first-order valence-corrected chi connectivity index (χ1v) is 5.28. The van der Waals surface area contributed by atoms with Gasteiger partial charge in [-0.25, -0.2) is 9.97 Å². The minimum absolute atomic E-state index is 0.0347. The Hall–Kier alpha value is -1.30. The summed E-state index contributed by atoms with van der Waals surface area (Å²) in [6.07, 6.45) is 1.90. The van der Waals surface area contributed by atoms with Crippen LogP contribution in [0.4, 0.5) is 5.82 Å². The molecule has 0 saturated carbocycles. The monoisotopic (exact) mass is 211 g/mol. The van der Waals surface area contributed by atoms with Gasteiger partial charge in [-0.2, -0.15) is 0 Å². The maximum atomic E-state index is 11.0. The molecule has 0 atom stereocenters. The van der Waals surface area contributed by atoms with Crippen LogP contribution in [-0.2, 0) is 4.79 Å². The number of rotatable bonds is 1. The molecule has 74 valence electrons. The molecule has 1 aliphatic heterocycles. The normalized spacial score (nSPS) is 14.3. The summed E-state index contributed by atoms with van der Waals surface area (Å²) >= 11 is 1.47. The molecule has 2 rings (SSSR count). The molecule has 1 N–H and O–H groups in total. The third kappa shape index (κ3) is 1.52. The molecule has 0 aliphatic carbocycles. The van der Waals surface area contributed by atoms with Crippen LogP contribution in [0.3, 0.4) is 0 Å². The number of thioether (sulfide) groups is 1. The van der Waals surface area contributed by atoms with Gasteiger partial charge in [-0.15, -0.1) is 11.8 Å². The highest BCUT2D eigenvalue weighted by Gasteiger charge is 2.21. The van der Waals surface area contributed by atoms with Gasteiger partial charge in [-0.1, -0.05) is 0 Å². The Kier molecular flexibility index (Phi) is 2.28. The summed E-state index contributed by atoms with van der Waals surface area (Å²) in [6, 6.07) is 0. The molecule has 5 nitrogen and oxygen atoms in total. The van der Waals surface area contributed by atoms with E-state index < -0.39 is 0 Å². The molecule has 1 amide bonds. The molecule has 0 bridgehead atoms. The third-order valence-electron chi connectivity index (χ3n) is 1.75. The van der Waals surface area contributed by atoms with E-state index in [0.29, 0.717) is 17.4 Å². The molecule has 1 aromatic heterocycles. The Morgan fingerprint density at radius 3 is 3.00 bits per heavy atom. The van der Waals surface area contributed by atoms with E-state index in [9.17, 15) is 4.79 Å². The van der Waals surface area contributed by atoms with E-state index in [2.05, 4.69) is 15.3 Å². The molecule has 0 spiro atoms. The second-order valence-corrected chi connectivity index (χ2v) is 3.59.